The van der Waals surface area contributed by atoms with Gasteiger partial charge in [-0.1, -0.05) is 65.0 Å². The molecule has 1 aromatic rings. The molecule has 2 rings (SSSR count). The fourth-order valence-corrected chi connectivity index (χ4v) is 4.24. The van der Waals surface area contributed by atoms with Crippen LogP contribution in [-0.4, -0.2) is 6.61 Å². The molecule has 1 heteroatoms. The van der Waals surface area contributed by atoms with E-state index in [2.05, 4.69) is 39.0 Å². The first-order valence-electron chi connectivity index (χ1n) is 11.0. The molecule has 25 heavy (non-hydrogen) atoms. The fraction of sp³-hybridized carbons (Fsp3) is 0.750. The fourth-order valence-electron chi connectivity index (χ4n) is 4.24. The molecule has 0 saturated heterocycles. The molecule has 0 atom stereocenters. The molecule has 0 heterocycles. The van der Waals surface area contributed by atoms with Crippen molar-refractivity contribution in [1.82, 2.24) is 0 Å². The highest BCUT2D eigenvalue weighted by atomic mass is 16.5. The van der Waals surface area contributed by atoms with Crippen LogP contribution in [0.15, 0.2) is 18.2 Å². The molecular formula is C24H40O. The van der Waals surface area contributed by atoms with E-state index in [-0.39, 0.29) is 0 Å². The van der Waals surface area contributed by atoms with Gasteiger partial charge in [-0.15, -0.1) is 0 Å². The predicted molar refractivity (Wildman–Crippen MR) is 110 cm³/mol. The third kappa shape index (κ3) is 6.68. The normalized spacial score (nSPS) is 20.6. The second kappa shape index (κ2) is 11.6. The van der Waals surface area contributed by atoms with Crippen molar-refractivity contribution in [2.45, 2.75) is 104 Å². The van der Waals surface area contributed by atoms with Crippen molar-refractivity contribution in [2.75, 3.05) is 6.61 Å². The highest BCUT2D eigenvalue weighted by molar-refractivity contribution is 5.40. The summed E-state index contributed by atoms with van der Waals surface area (Å²) in [5.41, 5.74) is 3.01. The van der Waals surface area contributed by atoms with Gasteiger partial charge < -0.3 is 4.74 Å². The van der Waals surface area contributed by atoms with Crippen molar-refractivity contribution >= 4 is 0 Å². The monoisotopic (exact) mass is 344 g/mol. The van der Waals surface area contributed by atoms with E-state index in [9.17, 15) is 0 Å². The minimum Gasteiger partial charge on any atom is -0.493 e. The molecule has 0 radical (unpaired) electrons. The highest BCUT2D eigenvalue weighted by Gasteiger charge is 2.24. The number of benzene rings is 1. The molecule has 0 bridgehead atoms. The molecule has 0 aliphatic heterocycles. The zero-order chi connectivity index (χ0) is 17.9. The Balaban J connectivity index is 2.00. The summed E-state index contributed by atoms with van der Waals surface area (Å²) in [7, 11) is 0. The Hall–Kier alpha value is -0.980. The average molecular weight is 345 g/mol. The van der Waals surface area contributed by atoms with E-state index < -0.39 is 0 Å². The Kier molecular flexibility index (Phi) is 9.43. The van der Waals surface area contributed by atoms with Crippen LogP contribution < -0.4 is 4.74 Å². The van der Waals surface area contributed by atoms with E-state index in [1.54, 1.807) is 0 Å². The molecule has 0 N–H and O–H groups in total. The van der Waals surface area contributed by atoms with Crippen LogP contribution in [0.3, 0.4) is 0 Å². The van der Waals surface area contributed by atoms with Crippen LogP contribution in [-0.2, 0) is 6.42 Å². The first-order chi connectivity index (χ1) is 12.3. The number of hydrogen-bond acceptors (Lipinski definition) is 1. The maximum atomic E-state index is 6.11. The molecule has 1 fully saturated rings. The Bertz CT molecular complexity index is 471. The Labute approximate surface area is 156 Å². The summed E-state index contributed by atoms with van der Waals surface area (Å²) in [5.74, 6) is 2.86. The van der Waals surface area contributed by atoms with Crippen molar-refractivity contribution in [1.29, 1.82) is 0 Å². The maximum absolute atomic E-state index is 6.11. The van der Waals surface area contributed by atoms with Gasteiger partial charge in [-0.2, -0.15) is 0 Å². The molecular weight excluding hydrogens is 304 g/mol. The summed E-state index contributed by atoms with van der Waals surface area (Å²) in [6, 6.07) is 7.02. The number of aryl methyl sites for hydroxylation is 1. The zero-order valence-electron chi connectivity index (χ0n) is 17.0. The van der Waals surface area contributed by atoms with E-state index in [1.165, 1.54) is 81.8 Å². The number of rotatable bonds is 11. The number of unbranched alkanes of at least 4 members (excludes halogenated alkanes) is 3. The maximum Gasteiger partial charge on any atom is 0.122 e. The van der Waals surface area contributed by atoms with Crippen molar-refractivity contribution in [3.63, 3.8) is 0 Å². The Morgan fingerprint density at radius 3 is 2.32 bits per heavy atom. The molecule has 142 valence electrons. The van der Waals surface area contributed by atoms with E-state index in [0.29, 0.717) is 0 Å². The molecule has 0 aromatic heterocycles. The summed E-state index contributed by atoms with van der Waals surface area (Å²) >= 11 is 0. The number of hydrogen-bond donors (Lipinski definition) is 0. The zero-order valence-corrected chi connectivity index (χ0v) is 17.0. The summed E-state index contributed by atoms with van der Waals surface area (Å²) in [5, 5.41) is 0. The Morgan fingerprint density at radius 2 is 1.64 bits per heavy atom. The van der Waals surface area contributed by atoms with Crippen LogP contribution in [0.25, 0.3) is 0 Å². The smallest absolute Gasteiger partial charge is 0.122 e. The molecule has 1 aromatic carbocycles. The highest BCUT2D eigenvalue weighted by Crippen LogP contribution is 2.41. The van der Waals surface area contributed by atoms with Gasteiger partial charge in [-0.3, -0.25) is 0 Å². The van der Waals surface area contributed by atoms with Crippen molar-refractivity contribution in [2.24, 2.45) is 5.92 Å². The van der Waals surface area contributed by atoms with Crippen LogP contribution in [0.4, 0.5) is 0 Å². The second-order valence-corrected chi connectivity index (χ2v) is 8.04. The molecule has 1 aliphatic carbocycles. The van der Waals surface area contributed by atoms with Gasteiger partial charge in [0.2, 0.25) is 0 Å². The molecule has 0 spiro atoms. The topological polar surface area (TPSA) is 9.23 Å². The van der Waals surface area contributed by atoms with Gasteiger partial charge in [-0.25, -0.2) is 0 Å². The summed E-state index contributed by atoms with van der Waals surface area (Å²) < 4.78 is 6.11. The van der Waals surface area contributed by atoms with Gasteiger partial charge in [-0.05, 0) is 74.0 Å². The lowest BCUT2D eigenvalue weighted by Crippen LogP contribution is -2.14. The van der Waals surface area contributed by atoms with Crippen LogP contribution in [0, 0.1) is 5.92 Å². The first-order valence-corrected chi connectivity index (χ1v) is 11.0. The quantitative estimate of drug-likeness (QED) is 0.374. The lowest BCUT2D eigenvalue weighted by molar-refractivity contribution is 0.284. The first kappa shape index (κ1) is 20.3. The predicted octanol–water partition coefficient (Wildman–Crippen LogP) is 7.67. The molecule has 0 amide bonds. The van der Waals surface area contributed by atoms with Crippen LogP contribution in [0.1, 0.15) is 108 Å². The second-order valence-electron chi connectivity index (χ2n) is 8.04. The van der Waals surface area contributed by atoms with Gasteiger partial charge in [0.25, 0.3) is 0 Å². The lowest BCUT2D eigenvalue weighted by Gasteiger charge is -2.30. The third-order valence-electron chi connectivity index (χ3n) is 5.86. The van der Waals surface area contributed by atoms with Gasteiger partial charge in [0.05, 0.1) is 6.61 Å². The number of ether oxygens (including phenoxy) is 1. The van der Waals surface area contributed by atoms with Crippen LogP contribution >= 0.6 is 0 Å². The molecule has 1 nitrogen and oxygen atoms in total. The largest absolute Gasteiger partial charge is 0.493 e. The van der Waals surface area contributed by atoms with Crippen LogP contribution in [0.2, 0.25) is 0 Å². The lowest BCUT2D eigenvalue weighted by atomic mass is 9.76. The van der Waals surface area contributed by atoms with Crippen molar-refractivity contribution in [3.05, 3.63) is 29.3 Å². The molecule has 1 aliphatic rings. The third-order valence-corrected chi connectivity index (χ3v) is 5.86. The standard InChI is InChI=1S/C24H40O/c1-4-7-9-11-20-12-15-22(16-13-20)23-19-21(10-8-5-2)14-17-24(23)25-18-6-3/h14,17,19-20,22H,4-13,15-16,18H2,1-3H3. The summed E-state index contributed by atoms with van der Waals surface area (Å²) in [6.45, 7) is 7.62. The van der Waals surface area contributed by atoms with E-state index in [0.717, 1.165) is 30.6 Å². The average Bonchev–Trinajstić information content (AvgIpc) is 2.66. The molecule has 0 unspecified atom stereocenters. The molecule has 1 saturated carbocycles. The van der Waals surface area contributed by atoms with Gasteiger partial charge in [0, 0.05) is 0 Å². The summed E-state index contributed by atoms with van der Waals surface area (Å²) in [6.07, 6.45) is 16.1. The SMILES string of the molecule is CCCCCC1CCC(c2cc(CCCC)ccc2OCCC)CC1. The summed E-state index contributed by atoms with van der Waals surface area (Å²) in [4.78, 5) is 0. The van der Waals surface area contributed by atoms with E-state index in [1.807, 2.05) is 0 Å². The van der Waals surface area contributed by atoms with Gasteiger partial charge in [0.1, 0.15) is 5.75 Å². The van der Waals surface area contributed by atoms with Crippen molar-refractivity contribution in [3.8, 4) is 5.75 Å². The van der Waals surface area contributed by atoms with E-state index in [4.69, 9.17) is 4.74 Å². The minimum absolute atomic E-state index is 0.718. The van der Waals surface area contributed by atoms with E-state index >= 15 is 0 Å². The Morgan fingerprint density at radius 1 is 0.880 bits per heavy atom. The van der Waals surface area contributed by atoms with Gasteiger partial charge >= 0.3 is 0 Å². The van der Waals surface area contributed by atoms with Crippen molar-refractivity contribution < 1.29 is 4.74 Å². The van der Waals surface area contributed by atoms with Gasteiger partial charge in [0.15, 0.2) is 0 Å². The van der Waals surface area contributed by atoms with Crippen LogP contribution in [0.5, 0.6) is 5.75 Å². The minimum atomic E-state index is 0.718.